The van der Waals surface area contributed by atoms with Gasteiger partial charge in [0, 0.05) is 29.5 Å². The lowest BCUT2D eigenvalue weighted by Gasteiger charge is -2.13. The van der Waals surface area contributed by atoms with Crippen LogP contribution in [0.25, 0.3) is 21.8 Å². The van der Waals surface area contributed by atoms with Crippen LogP contribution in [0.2, 0.25) is 0 Å². The molecule has 0 saturated heterocycles. The Morgan fingerprint density at radius 1 is 1.11 bits per heavy atom. The molecule has 0 saturated carbocycles. The molecule has 0 bridgehead atoms. The second-order valence-electron chi connectivity index (χ2n) is 7.12. The molecule has 0 spiro atoms. The van der Waals surface area contributed by atoms with E-state index in [1.54, 1.807) is 7.11 Å². The second-order valence-corrected chi connectivity index (χ2v) is 7.12. The van der Waals surface area contributed by atoms with Crippen LogP contribution in [0.5, 0.6) is 5.75 Å². The van der Waals surface area contributed by atoms with Crippen molar-refractivity contribution in [1.82, 2.24) is 9.55 Å². The van der Waals surface area contributed by atoms with Gasteiger partial charge in [0.25, 0.3) is 0 Å². The fourth-order valence-electron chi connectivity index (χ4n) is 4.05. The summed E-state index contributed by atoms with van der Waals surface area (Å²) in [6.07, 6.45) is 2.64. The third kappa shape index (κ3) is 2.71. The van der Waals surface area contributed by atoms with E-state index in [1.165, 1.54) is 10.8 Å². The van der Waals surface area contributed by atoms with E-state index in [1.807, 2.05) is 30.5 Å². The first-order chi connectivity index (χ1) is 13.7. The van der Waals surface area contributed by atoms with Crippen molar-refractivity contribution in [2.45, 2.75) is 26.0 Å². The topological polar surface area (TPSA) is 48.6 Å². The highest BCUT2D eigenvalue weighted by Crippen LogP contribution is 2.33. The number of fused-ring (bicyclic) bond motifs is 3. The largest absolute Gasteiger partial charge is 0.497 e. The number of aryl methyl sites for hydroxylation is 1. The summed E-state index contributed by atoms with van der Waals surface area (Å²) in [5.74, 6) is 0.843. The van der Waals surface area contributed by atoms with Crippen molar-refractivity contribution in [2.75, 3.05) is 7.11 Å². The Hall–Kier alpha value is -3.34. The molecule has 0 N–H and O–H groups in total. The molecule has 2 aromatic heterocycles. The molecule has 0 fully saturated rings. The Balaban J connectivity index is 1.55. The summed E-state index contributed by atoms with van der Waals surface area (Å²) >= 11 is 0. The third-order valence-corrected chi connectivity index (χ3v) is 5.39. The maximum absolute atomic E-state index is 5.80. The summed E-state index contributed by atoms with van der Waals surface area (Å²) in [5, 5.41) is 6.75. The summed E-state index contributed by atoms with van der Waals surface area (Å²) in [5.41, 5.74) is 5.39. The highest BCUT2D eigenvalue weighted by molar-refractivity contribution is 6.09. The minimum atomic E-state index is -0.0141. The number of benzene rings is 2. The molecule has 0 radical (unpaired) electrons. The number of nitrogens with zero attached hydrogens (tertiary/aromatic N) is 3. The van der Waals surface area contributed by atoms with Gasteiger partial charge >= 0.3 is 0 Å². The van der Waals surface area contributed by atoms with Crippen LogP contribution >= 0.6 is 0 Å². The predicted molar refractivity (Wildman–Crippen MR) is 111 cm³/mol. The van der Waals surface area contributed by atoms with Gasteiger partial charge in [-0.05, 0) is 30.7 Å². The summed E-state index contributed by atoms with van der Waals surface area (Å²) in [4.78, 5) is 10.3. The fraction of sp³-hybridized carbons (Fsp3) is 0.217. The van der Waals surface area contributed by atoms with Gasteiger partial charge in [-0.1, -0.05) is 35.5 Å². The number of pyridine rings is 1. The predicted octanol–water partition coefficient (Wildman–Crippen LogP) is 4.70. The Labute approximate surface area is 163 Å². The first-order valence-electron chi connectivity index (χ1n) is 9.44. The fourth-order valence-corrected chi connectivity index (χ4v) is 4.05. The Bertz CT molecular complexity index is 1190. The molecule has 5 rings (SSSR count). The van der Waals surface area contributed by atoms with Crippen LogP contribution in [-0.4, -0.2) is 28.5 Å². The van der Waals surface area contributed by atoms with Crippen LogP contribution in [0.15, 0.2) is 65.9 Å². The van der Waals surface area contributed by atoms with Crippen LogP contribution in [-0.2, 0) is 11.4 Å². The number of hydrogen-bond donors (Lipinski definition) is 0. The number of aromatic nitrogens is 2. The van der Waals surface area contributed by atoms with Gasteiger partial charge in [-0.2, -0.15) is 0 Å². The van der Waals surface area contributed by atoms with Crippen molar-refractivity contribution >= 4 is 27.5 Å². The number of ether oxygens (including phenoxy) is 1. The number of oxime groups is 1. The lowest BCUT2D eigenvalue weighted by atomic mass is 10.1. The van der Waals surface area contributed by atoms with E-state index in [-0.39, 0.29) is 6.10 Å². The molecule has 0 aliphatic carbocycles. The zero-order valence-electron chi connectivity index (χ0n) is 15.9. The number of rotatable bonds is 4. The average molecular weight is 371 g/mol. The molecular formula is C23H21N3O2. The van der Waals surface area contributed by atoms with Gasteiger partial charge in [0.2, 0.25) is 0 Å². The standard InChI is InChI=1S/C23H21N3O2/c1-15-23-20(10-11-24-15)19-9-8-17(27-2)13-22(19)26(23)14-18-12-21(25-28-18)16-6-4-3-5-7-16/h3-11,13,18H,12,14H2,1-2H3. The Morgan fingerprint density at radius 2 is 1.96 bits per heavy atom. The molecule has 4 aromatic rings. The molecule has 2 aromatic carbocycles. The highest BCUT2D eigenvalue weighted by atomic mass is 16.6. The molecule has 28 heavy (non-hydrogen) atoms. The molecule has 1 aliphatic heterocycles. The maximum Gasteiger partial charge on any atom is 0.151 e. The summed E-state index contributed by atoms with van der Waals surface area (Å²) in [6.45, 7) is 2.76. The molecule has 5 nitrogen and oxygen atoms in total. The van der Waals surface area contributed by atoms with Crippen LogP contribution in [0.3, 0.4) is 0 Å². The maximum atomic E-state index is 5.80. The Kier molecular flexibility index (Phi) is 4.01. The highest BCUT2D eigenvalue weighted by Gasteiger charge is 2.25. The molecular weight excluding hydrogens is 350 g/mol. The van der Waals surface area contributed by atoms with Crippen molar-refractivity contribution in [2.24, 2.45) is 5.16 Å². The lowest BCUT2D eigenvalue weighted by Crippen LogP contribution is -2.17. The SMILES string of the molecule is COc1ccc2c3ccnc(C)c3n(CC3CC(c4ccccc4)=NO3)c2c1. The van der Waals surface area contributed by atoms with Crippen molar-refractivity contribution < 1.29 is 9.57 Å². The van der Waals surface area contributed by atoms with Crippen molar-refractivity contribution in [3.63, 3.8) is 0 Å². The third-order valence-electron chi connectivity index (χ3n) is 5.39. The summed E-state index contributed by atoms with van der Waals surface area (Å²) in [6, 6.07) is 18.5. The first-order valence-corrected chi connectivity index (χ1v) is 9.44. The van der Waals surface area contributed by atoms with E-state index in [2.05, 4.69) is 52.0 Å². The average Bonchev–Trinajstić information content (AvgIpc) is 3.33. The summed E-state index contributed by atoms with van der Waals surface area (Å²) in [7, 11) is 1.70. The summed E-state index contributed by atoms with van der Waals surface area (Å²) < 4.78 is 7.76. The van der Waals surface area contributed by atoms with Crippen molar-refractivity contribution in [3.05, 3.63) is 72.1 Å². The molecule has 1 atom stereocenters. The van der Waals surface area contributed by atoms with Crippen molar-refractivity contribution in [3.8, 4) is 5.75 Å². The van der Waals surface area contributed by atoms with E-state index in [0.29, 0.717) is 6.54 Å². The van der Waals surface area contributed by atoms with E-state index >= 15 is 0 Å². The molecule has 0 amide bonds. The van der Waals surface area contributed by atoms with Crippen LogP contribution in [0.4, 0.5) is 0 Å². The van der Waals surface area contributed by atoms with Gasteiger partial charge in [0.05, 0.1) is 36.1 Å². The first kappa shape index (κ1) is 16.8. The Morgan fingerprint density at radius 3 is 2.79 bits per heavy atom. The van der Waals surface area contributed by atoms with E-state index in [9.17, 15) is 0 Å². The van der Waals surface area contributed by atoms with Gasteiger partial charge in [-0.25, -0.2) is 0 Å². The van der Waals surface area contributed by atoms with Crippen LogP contribution in [0, 0.1) is 6.92 Å². The molecule has 1 aliphatic rings. The molecule has 1 unspecified atom stereocenters. The molecule has 5 heteroatoms. The normalized spacial score (nSPS) is 16.4. The molecule has 140 valence electrons. The monoisotopic (exact) mass is 371 g/mol. The smallest absolute Gasteiger partial charge is 0.151 e. The van der Waals surface area contributed by atoms with Gasteiger partial charge in [0.1, 0.15) is 5.75 Å². The number of methoxy groups -OCH3 is 1. The molecule has 3 heterocycles. The van der Waals surface area contributed by atoms with E-state index in [0.717, 1.165) is 40.2 Å². The lowest BCUT2D eigenvalue weighted by molar-refractivity contribution is 0.0742. The van der Waals surface area contributed by atoms with Gasteiger partial charge in [0.15, 0.2) is 6.10 Å². The zero-order valence-corrected chi connectivity index (χ0v) is 15.9. The van der Waals surface area contributed by atoms with Gasteiger partial charge < -0.3 is 14.1 Å². The number of hydrogen-bond acceptors (Lipinski definition) is 4. The second kappa shape index (κ2) is 6.68. The minimum absolute atomic E-state index is 0.0141. The van der Waals surface area contributed by atoms with E-state index < -0.39 is 0 Å². The van der Waals surface area contributed by atoms with Crippen LogP contribution in [0.1, 0.15) is 17.7 Å². The zero-order chi connectivity index (χ0) is 19.1. The van der Waals surface area contributed by atoms with Gasteiger partial charge in [-0.3, -0.25) is 4.98 Å². The van der Waals surface area contributed by atoms with Crippen LogP contribution < -0.4 is 4.74 Å². The van der Waals surface area contributed by atoms with Gasteiger partial charge in [-0.15, -0.1) is 0 Å². The quantitative estimate of drug-likeness (QED) is 0.522. The minimum Gasteiger partial charge on any atom is -0.497 e. The van der Waals surface area contributed by atoms with Crippen molar-refractivity contribution in [1.29, 1.82) is 0 Å². The van der Waals surface area contributed by atoms with E-state index in [4.69, 9.17) is 9.57 Å².